The van der Waals surface area contributed by atoms with Crippen molar-refractivity contribution in [3.63, 3.8) is 0 Å². The van der Waals surface area contributed by atoms with Gasteiger partial charge in [-0.15, -0.1) is 0 Å². The maximum absolute atomic E-state index is 12.0. The normalized spacial score (nSPS) is 10.9. The van der Waals surface area contributed by atoms with Crippen molar-refractivity contribution in [3.05, 3.63) is 30.1 Å². The van der Waals surface area contributed by atoms with Gasteiger partial charge in [-0.3, -0.25) is 9.89 Å². The fraction of sp³-hybridized carbons (Fsp3) is 0.400. The minimum absolute atomic E-state index is 0.0600. The number of carbonyl (C=O) groups is 1. The molecule has 0 radical (unpaired) electrons. The van der Waals surface area contributed by atoms with Crippen molar-refractivity contribution in [2.75, 3.05) is 5.32 Å². The van der Waals surface area contributed by atoms with Gasteiger partial charge in [0.1, 0.15) is 5.82 Å². The van der Waals surface area contributed by atoms with Crippen molar-refractivity contribution in [2.24, 2.45) is 11.7 Å². The van der Waals surface area contributed by atoms with E-state index >= 15 is 0 Å². The monoisotopic (exact) mass is 287 g/mol. The molecule has 0 aliphatic rings. The van der Waals surface area contributed by atoms with Crippen LogP contribution in [-0.2, 0) is 11.3 Å². The van der Waals surface area contributed by atoms with Crippen LogP contribution in [0.5, 0.6) is 0 Å². The lowest BCUT2D eigenvalue weighted by molar-refractivity contribution is -0.120. The van der Waals surface area contributed by atoms with Crippen LogP contribution >= 0.6 is 0 Å². The number of nitrogens with one attached hydrogen (secondary N) is 2. The van der Waals surface area contributed by atoms with Crippen LogP contribution in [0.15, 0.2) is 24.3 Å². The predicted octanol–water partition coefficient (Wildman–Crippen LogP) is 2.31. The summed E-state index contributed by atoms with van der Waals surface area (Å²) >= 11 is 0. The third-order valence-corrected chi connectivity index (χ3v) is 3.49. The molecule has 0 fully saturated rings. The van der Waals surface area contributed by atoms with Crippen LogP contribution < -0.4 is 11.1 Å². The van der Waals surface area contributed by atoms with E-state index in [2.05, 4.69) is 20.5 Å². The largest absolute Gasteiger partial charge is 0.326 e. The third-order valence-electron chi connectivity index (χ3n) is 3.49. The van der Waals surface area contributed by atoms with Crippen molar-refractivity contribution in [2.45, 2.75) is 33.2 Å². The molecule has 0 aliphatic heterocycles. The highest BCUT2D eigenvalue weighted by molar-refractivity contribution is 5.92. The summed E-state index contributed by atoms with van der Waals surface area (Å²) < 4.78 is 0. The first-order chi connectivity index (χ1) is 10.2. The molecule has 1 aromatic heterocycles. The molecule has 0 unspecified atom stereocenters. The first-order valence-electron chi connectivity index (χ1n) is 7.20. The quantitative estimate of drug-likeness (QED) is 0.759. The minimum Gasteiger partial charge on any atom is -0.326 e. The lowest BCUT2D eigenvalue weighted by atomic mass is 10.0. The van der Waals surface area contributed by atoms with Crippen molar-refractivity contribution in [3.8, 4) is 11.4 Å². The summed E-state index contributed by atoms with van der Waals surface area (Å²) in [6.45, 7) is 4.38. The molecule has 2 rings (SSSR count). The van der Waals surface area contributed by atoms with Crippen LogP contribution in [0, 0.1) is 5.92 Å². The Morgan fingerprint density at radius 3 is 2.48 bits per heavy atom. The zero-order valence-corrected chi connectivity index (χ0v) is 12.4. The molecule has 0 atom stereocenters. The molecule has 1 aromatic carbocycles. The Balaban J connectivity index is 2.06. The van der Waals surface area contributed by atoms with Crippen molar-refractivity contribution < 1.29 is 4.79 Å². The molecule has 4 N–H and O–H groups in total. The highest BCUT2D eigenvalue weighted by atomic mass is 16.1. The molecule has 0 bridgehead atoms. The van der Waals surface area contributed by atoms with Gasteiger partial charge in [0.05, 0.1) is 6.54 Å². The van der Waals surface area contributed by atoms with Crippen LogP contribution in [0.4, 0.5) is 5.69 Å². The van der Waals surface area contributed by atoms with Crippen molar-refractivity contribution in [1.82, 2.24) is 15.2 Å². The summed E-state index contributed by atoms with van der Waals surface area (Å²) in [6, 6.07) is 7.47. The molecule has 2 aromatic rings. The second-order valence-corrected chi connectivity index (χ2v) is 4.89. The van der Waals surface area contributed by atoms with E-state index in [4.69, 9.17) is 5.73 Å². The standard InChI is InChI=1S/C15H21N5O/c1-3-10(4-2)15(21)17-12-7-5-11(6-8-12)14-18-13(9-16)19-20-14/h5-8,10H,3-4,9,16H2,1-2H3,(H,17,21)(H,18,19,20). The van der Waals surface area contributed by atoms with Gasteiger partial charge in [-0.05, 0) is 37.1 Å². The van der Waals surface area contributed by atoms with E-state index in [1.165, 1.54) is 0 Å². The lowest BCUT2D eigenvalue weighted by Crippen LogP contribution is -2.21. The van der Waals surface area contributed by atoms with Crippen LogP contribution in [0.2, 0.25) is 0 Å². The molecule has 0 saturated heterocycles. The first kappa shape index (κ1) is 15.2. The Bertz CT molecular complexity index is 586. The highest BCUT2D eigenvalue weighted by Gasteiger charge is 2.14. The molecule has 6 nitrogen and oxygen atoms in total. The zero-order valence-electron chi connectivity index (χ0n) is 12.4. The predicted molar refractivity (Wildman–Crippen MR) is 82.4 cm³/mol. The number of nitrogens with two attached hydrogens (primary N) is 1. The number of H-pyrrole nitrogens is 1. The van der Waals surface area contributed by atoms with Crippen LogP contribution in [-0.4, -0.2) is 21.1 Å². The Hall–Kier alpha value is -2.21. The molecule has 112 valence electrons. The van der Waals surface area contributed by atoms with E-state index in [0.29, 0.717) is 18.2 Å². The maximum Gasteiger partial charge on any atom is 0.227 e. The number of aromatic nitrogens is 3. The van der Waals surface area contributed by atoms with Gasteiger partial charge in [0, 0.05) is 17.2 Å². The van der Waals surface area contributed by atoms with Crippen LogP contribution in [0.25, 0.3) is 11.4 Å². The number of aromatic amines is 1. The van der Waals surface area contributed by atoms with E-state index in [0.717, 1.165) is 24.1 Å². The first-order valence-corrected chi connectivity index (χ1v) is 7.20. The highest BCUT2D eigenvalue weighted by Crippen LogP contribution is 2.19. The number of benzene rings is 1. The average molecular weight is 287 g/mol. The third kappa shape index (κ3) is 3.66. The average Bonchev–Trinajstić information content (AvgIpc) is 2.98. The second kappa shape index (κ2) is 6.99. The van der Waals surface area contributed by atoms with Gasteiger partial charge < -0.3 is 11.1 Å². The Morgan fingerprint density at radius 2 is 1.95 bits per heavy atom. The molecule has 0 spiro atoms. The number of rotatable bonds is 6. The van der Waals surface area contributed by atoms with E-state index in [1.807, 2.05) is 38.1 Å². The van der Waals surface area contributed by atoms with Gasteiger partial charge in [-0.1, -0.05) is 13.8 Å². The Kier molecular flexibility index (Phi) is 5.05. The van der Waals surface area contributed by atoms with Gasteiger partial charge in [0.25, 0.3) is 0 Å². The minimum atomic E-state index is 0.0600. The molecule has 21 heavy (non-hydrogen) atoms. The summed E-state index contributed by atoms with van der Waals surface area (Å²) in [5.74, 6) is 1.38. The smallest absolute Gasteiger partial charge is 0.227 e. The fourth-order valence-corrected chi connectivity index (χ4v) is 2.12. The van der Waals surface area contributed by atoms with Crippen LogP contribution in [0.1, 0.15) is 32.5 Å². The van der Waals surface area contributed by atoms with E-state index in [1.54, 1.807) is 0 Å². The zero-order chi connectivity index (χ0) is 15.2. The van der Waals surface area contributed by atoms with Crippen molar-refractivity contribution in [1.29, 1.82) is 0 Å². The molecular weight excluding hydrogens is 266 g/mol. The topological polar surface area (TPSA) is 96.7 Å². The maximum atomic E-state index is 12.0. The molecule has 1 amide bonds. The molecule has 6 heteroatoms. The van der Waals surface area contributed by atoms with Gasteiger partial charge in [-0.25, -0.2) is 4.98 Å². The van der Waals surface area contributed by atoms with Gasteiger partial charge in [-0.2, -0.15) is 5.10 Å². The summed E-state index contributed by atoms with van der Waals surface area (Å²) in [5.41, 5.74) is 7.16. The molecule has 0 saturated carbocycles. The number of hydrogen-bond acceptors (Lipinski definition) is 4. The number of anilines is 1. The molecule has 1 heterocycles. The second-order valence-electron chi connectivity index (χ2n) is 4.89. The van der Waals surface area contributed by atoms with Gasteiger partial charge in [0.15, 0.2) is 5.82 Å². The Morgan fingerprint density at radius 1 is 1.29 bits per heavy atom. The van der Waals surface area contributed by atoms with Crippen molar-refractivity contribution >= 4 is 11.6 Å². The number of carbonyl (C=O) groups excluding carboxylic acids is 1. The summed E-state index contributed by atoms with van der Waals surface area (Å²) in [6.07, 6.45) is 1.69. The number of hydrogen-bond donors (Lipinski definition) is 3. The SMILES string of the molecule is CCC(CC)C(=O)Nc1ccc(-c2n[nH]c(CN)n2)cc1. The Labute approximate surface area is 124 Å². The van der Waals surface area contributed by atoms with E-state index < -0.39 is 0 Å². The van der Waals surface area contributed by atoms with Gasteiger partial charge >= 0.3 is 0 Å². The summed E-state index contributed by atoms with van der Waals surface area (Å²) in [5, 5.41) is 9.81. The number of amides is 1. The number of nitrogens with zero attached hydrogens (tertiary/aromatic N) is 2. The van der Waals surface area contributed by atoms with Crippen LogP contribution in [0.3, 0.4) is 0 Å². The molecule has 0 aliphatic carbocycles. The fourth-order valence-electron chi connectivity index (χ4n) is 2.12. The van der Waals surface area contributed by atoms with E-state index in [-0.39, 0.29) is 11.8 Å². The summed E-state index contributed by atoms with van der Waals surface area (Å²) in [7, 11) is 0. The van der Waals surface area contributed by atoms with E-state index in [9.17, 15) is 4.79 Å². The lowest BCUT2D eigenvalue weighted by Gasteiger charge is -2.12. The summed E-state index contributed by atoms with van der Waals surface area (Å²) in [4.78, 5) is 16.3. The molecular formula is C15H21N5O. The van der Waals surface area contributed by atoms with Gasteiger partial charge in [0.2, 0.25) is 5.91 Å².